The number of hydrogen-bond acceptors (Lipinski definition) is 4. The van der Waals surface area contributed by atoms with Crippen molar-refractivity contribution in [2.75, 3.05) is 26.2 Å². The molecule has 0 aromatic rings. The molecule has 0 aromatic carbocycles. The molecular weight excluding hydrogens is 220 g/mol. The molecule has 1 heterocycles. The maximum atomic E-state index is 12.1. The van der Waals surface area contributed by atoms with Crippen LogP contribution in [0, 0.1) is 5.92 Å². The first-order valence-corrected chi connectivity index (χ1v) is 6.39. The highest BCUT2D eigenvalue weighted by atomic mass is 16.5. The minimum Gasteiger partial charge on any atom is -0.464 e. The highest BCUT2D eigenvalue weighted by Crippen LogP contribution is 2.33. The summed E-state index contributed by atoms with van der Waals surface area (Å²) in [5.41, 5.74) is 0. The van der Waals surface area contributed by atoms with Gasteiger partial charge >= 0.3 is 5.97 Å². The van der Waals surface area contributed by atoms with E-state index in [1.54, 1.807) is 11.8 Å². The van der Waals surface area contributed by atoms with Gasteiger partial charge in [0.2, 0.25) is 5.91 Å². The maximum absolute atomic E-state index is 12.1. The zero-order valence-electron chi connectivity index (χ0n) is 10.3. The number of nitrogens with one attached hydrogen (secondary N) is 1. The number of ether oxygens (including phenoxy) is 1. The summed E-state index contributed by atoms with van der Waals surface area (Å²) in [5.74, 6) is 0.371. The van der Waals surface area contributed by atoms with Crippen LogP contribution in [-0.2, 0) is 14.3 Å². The van der Waals surface area contributed by atoms with Crippen LogP contribution in [0.4, 0.5) is 0 Å². The molecule has 5 heteroatoms. The van der Waals surface area contributed by atoms with Crippen LogP contribution in [-0.4, -0.2) is 49.1 Å². The van der Waals surface area contributed by atoms with Crippen LogP contribution < -0.4 is 5.32 Å². The van der Waals surface area contributed by atoms with Gasteiger partial charge in [0.25, 0.3) is 0 Å². The smallest absolute Gasteiger partial charge is 0.330 e. The molecule has 2 rings (SSSR count). The standard InChI is InChI=1S/C12H20N2O3/c1-2-17-12(16)10-8-13-5-6-14(10)11(15)7-9-3-4-9/h9-10,13H,2-8H2,1H3. The average molecular weight is 240 g/mol. The van der Waals surface area contributed by atoms with Gasteiger partial charge in [-0.1, -0.05) is 0 Å². The lowest BCUT2D eigenvalue weighted by Gasteiger charge is -2.34. The predicted molar refractivity (Wildman–Crippen MR) is 62.3 cm³/mol. The average Bonchev–Trinajstić information content (AvgIpc) is 3.13. The van der Waals surface area contributed by atoms with Crippen LogP contribution in [0.2, 0.25) is 0 Å². The molecule has 2 fully saturated rings. The number of esters is 1. The minimum absolute atomic E-state index is 0.104. The van der Waals surface area contributed by atoms with Crippen LogP contribution >= 0.6 is 0 Å². The summed E-state index contributed by atoms with van der Waals surface area (Å²) in [6.45, 7) is 4.01. The van der Waals surface area contributed by atoms with Gasteiger partial charge in [0.1, 0.15) is 6.04 Å². The van der Waals surface area contributed by atoms with E-state index in [0.717, 1.165) is 19.4 Å². The zero-order chi connectivity index (χ0) is 12.3. The summed E-state index contributed by atoms with van der Waals surface area (Å²) in [7, 11) is 0. The Bertz CT molecular complexity index is 302. The number of rotatable bonds is 4. The number of nitrogens with zero attached hydrogens (tertiary/aromatic N) is 1. The summed E-state index contributed by atoms with van der Waals surface area (Å²) in [5, 5.41) is 3.13. The van der Waals surface area contributed by atoms with Crippen molar-refractivity contribution in [1.82, 2.24) is 10.2 Å². The Hall–Kier alpha value is -1.10. The third-order valence-corrected chi connectivity index (χ3v) is 3.28. The summed E-state index contributed by atoms with van der Waals surface area (Å²) >= 11 is 0. The maximum Gasteiger partial charge on any atom is 0.330 e. The highest BCUT2D eigenvalue weighted by Gasteiger charge is 2.35. The van der Waals surface area contributed by atoms with Crippen molar-refractivity contribution in [1.29, 1.82) is 0 Å². The quantitative estimate of drug-likeness (QED) is 0.711. The van der Waals surface area contributed by atoms with Gasteiger partial charge in [-0.15, -0.1) is 0 Å². The van der Waals surface area contributed by atoms with E-state index in [1.165, 1.54) is 0 Å². The normalized spacial score (nSPS) is 24.5. The second-order valence-electron chi connectivity index (χ2n) is 4.71. The molecule has 1 aliphatic carbocycles. The van der Waals surface area contributed by atoms with E-state index in [1.807, 2.05) is 0 Å². The third kappa shape index (κ3) is 3.19. The molecule has 1 amide bonds. The van der Waals surface area contributed by atoms with E-state index >= 15 is 0 Å². The van der Waals surface area contributed by atoms with Gasteiger partial charge < -0.3 is 15.0 Å². The lowest BCUT2D eigenvalue weighted by molar-refractivity contribution is -0.156. The summed E-state index contributed by atoms with van der Waals surface area (Å²) in [6, 6.07) is -0.435. The molecule has 0 aromatic heterocycles. The number of carbonyl (C=O) groups is 2. The number of piperazine rings is 1. The molecule has 2 aliphatic rings. The van der Waals surface area contributed by atoms with Crippen molar-refractivity contribution in [3.63, 3.8) is 0 Å². The Morgan fingerprint density at radius 2 is 2.18 bits per heavy atom. The molecule has 0 spiro atoms. The molecule has 0 radical (unpaired) electrons. The Balaban J connectivity index is 1.94. The monoisotopic (exact) mass is 240 g/mol. The predicted octanol–water partition coefficient (Wildman–Crippen LogP) is 0.150. The fraction of sp³-hybridized carbons (Fsp3) is 0.833. The van der Waals surface area contributed by atoms with E-state index < -0.39 is 6.04 Å². The number of amides is 1. The van der Waals surface area contributed by atoms with E-state index in [9.17, 15) is 9.59 Å². The Kier molecular flexibility index (Phi) is 3.99. The zero-order valence-corrected chi connectivity index (χ0v) is 10.3. The van der Waals surface area contributed by atoms with Crippen molar-refractivity contribution in [2.24, 2.45) is 5.92 Å². The van der Waals surface area contributed by atoms with E-state index in [2.05, 4.69) is 5.32 Å². The fourth-order valence-electron chi connectivity index (χ4n) is 2.14. The molecular formula is C12H20N2O3. The van der Waals surface area contributed by atoms with Crippen molar-refractivity contribution in [2.45, 2.75) is 32.2 Å². The first kappa shape index (κ1) is 12.4. The Labute approximate surface area is 101 Å². The lowest BCUT2D eigenvalue weighted by Crippen LogP contribution is -2.57. The molecule has 1 saturated carbocycles. The van der Waals surface area contributed by atoms with Crippen molar-refractivity contribution in [3.05, 3.63) is 0 Å². The fourth-order valence-corrected chi connectivity index (χ4v) is 2.14. The Morgan fingerprint density at radius 1 is 1.41 bits per heavy atom. The molecule has 1 atom stereocenters. The van der Waals surface area contributed by atoms with Gasteiger partial charge in [-0.25, -0.2) is 4.79 Å². The first-order chi connectivity index (χ1) is 8.22. The van der Waals surface area contributed by atoms with Gasteiger partial charge in [-0.05, 0) is 25.7 Å². The van der Waals surface area contributed by atoms with E-state index in [0.29, 0.717) is 32.0 Å². The topological polar surface area (TPSA) is 58.6 Å². The van der Waals surface area contributed by atoms with E-state index in [4.69, 9.17) is 4.74 Å². The summed E-state index contributed by atoms with van der Waals surface area (Å²) in [4.78, 5) is 25.5. The largest absolute Gasteiger partial charge is 0.464 e. The van der Waals surface area contributed by atoms with E-state index in [-0.39, 0.29) is 11.9 Å². The molecule has 1 N–H and O–H groups in total. The van der Waals surface area contributed by atoms with Crippen molar-refractivity contribution < 1.29 is 14.3 Å². The second kappa shape index (κ2) is 5.49. The minimum atomic E-state index is -0.435. The summed E-state index contributed by atoms with van der Waals surface area (Å²) in [6.07, 6.45) is 2.90. The third-order valence-electron chi connectivity index (χ3n) is 3.28. The van der Waals surface area contributed by atoms with Crippen LogP contribution in [0.3, 0.4) is 0 Å². The van der Waals surface area contributed by atoms with Gasteiger partial charge in [-0.3, -0.25) is 4.79 Å². The van der Waals surface area contributed by atoms with Crippen molar-refractivity contribution in [3.8, 4) is 0 Å². The van der Waals surface area contributed by atoms with Crippen LogP contribution in [0.15, 0.2) is 0 Å². The SMILES string of the molecule is CCOC(=O)C1CNCCN1C(=O)CC1CC1. The molecule has 96 valence electrons. The van der Waals surface area contributed by atoms with Crippen molar-refractivity contribution >= 4 is 11.9 Å². The first-order valence-electron chi connectivity index (χ1n) is 6.39. The van der Waals surface area contributed by atoms with Crippen LogP contribution in [0.1, 0.15) is 26.2 Å². The number of hydrogen-bond donors (Lipinski definition) is 1. The van der Waals surface area contributed by atoms with Gasteiger partial charge in [0, 0.05) is 26.1 Å². The van der Waals surface area contributed by atoms with Crippen LogP contribution in [0.5, 0.6) is 0 Å². The molecule has 5 nitrogen and oxygen atoms in total. The van der Waals surface area contributed by atoms with Gasteiger partial charge in [-0.2, -0.15) is 0 Å². The van der Waals surface area contributed by atoms with Gasteiger partial charge in [0.05, 0.1) is 6.61 Å². The summed E-state index contributed by atoms with van der Waals surface area (Å²) < 4.78 is 5.01. The molecule has 17 heavy (non-hydrogen) atoms. The highest BCUT2D eigenvalue weighted by molar-refractivity contribution is 5.85. The second-order valence-corrected chi connectivity index (χ2v) is 4.71. The van der Waals surface area contributed by atoms with Gasteiger partial charge in [0.15, 0.2) is 0 Å². The number of carbonyl (C=O) groups excluding carboxylic acids is 2. The lowest BCUT2D eigenvalue weighted by atomic mass is 10.1. The Morgan fingerprint density at radius 3 is 2.82 bits per heavy atom. The molecule has 1 aliphatic heterocycles. The molecule has 1 unspecified atom stereocenters. The molecule has 0 bridgehead atoms. The van der Waals surface area contributed by atoms with Crippen LogP contribution in [0.25, 0.3) is 0 Å². The molecule has 1 saturated heterocycles.